The van der Waals surface area contributed by atoms with Gasteiger partial charge in [-0.3, -0.25) is 0 Å². The molecule has 0 radical (unpaired) electrons. The first kappa shape index (κ1) is 16.4. The van der Waals surface area contributed by atoms with Gasteiger partial charge in [0.15, 0.2) is 0 Å². The van der Waals surface area contributed by atoms with Crippen LogP contribution < -0.4 is 5.32 Å². The van der Waals surface area contributed by atoms with E-state index in [1.807, 2.05) is 26.0 Å². The Bertz CT molecular complexity index is 720. The Balaban J connectivity index is 2.12. The van der Waals surface area contributed by atoms with Crippen molar-refractivity contribution in [3.8, 4) is 11.8 Å². The van der Waals surface area contributed by atoms with Crippen molar-refractivity contribution in [2.45, 2.75) is 19.9 Å². The van der Waals surface area contributed by atoms with Crippen molar-refractivity contribution >= 4 is 11.7 Å². The summed E-state index contributed by atoms with van der Waals surface area (Å²) in [5.41, 5.74) is 2.04. The zero-order chi connectivity index (χ0) is 16.8. The molecule has 0 bridgehead atoms. The van der Waals surface area contributed by atoms with Crippen LogP contribution in [0.3, 0.4) is 0 Å². The maximum atomic E-state index is 12.5. The molecule has 0 aliphatic heterocycles. The second kappa shape index (κ2) is 7.32. The number of carbonyl (C=O) groups excluding carboxylic acids is 1. The monoisotopic (exact) mass is 309 g/mol. The lowest BCUT2D eigenvalue weighted by Crippen LogP contribution is -2.36. The molecular weight excluding hydrogens is 290 g/mol. The van der Waals surface area contributed by atoms with Crippen LogP contribution in [0, 0.1) is 11.3 Å². The third-order valence-corrected chi connectivity index (χ3v) is 3.69. The van der Waals surface area contributed by atoms with Crippen molar-refractivity contribution in [2.75, 3.05) is 11.9 Å². The Morgan fingerprint density at radius 3 is 2.57 bits per heavy atom. The van der Waals surface area contributed by atoms with Gasteiger partial charge in [0.1, 0.15) is 5.75 Å². The highest BCUT2D eigenvalue weighted by atomic mass is 16.3. The van der Waals surface area contributed by atoms with E-state index in [9.17, 15) is 9.90 Å². The molecule has 0 unspecified atom stereocenters. The quantitative estimate of drug-likeness (QED) is 0.900. The van der Waals surface area contributed by atoms with Gasteiger partial charge in [-0.15, -0.1) is 0 Å². The largest absolute Gasteiger partial charge is 0.508 e. The van der Waals surface area contributed by atoms with E-state index in [-0.39, 0.29) is 17.8 Å². The standard InChI is InChI=1S/C18H19N3O2/c1-3-21(13(2)15-5-4-6-17(22)11-15)18(23)20-16-9-7-14(12-19)8-10-16/h4-11,13,22H,3H2,1-2H3,(H,20,23)/t13-/m0/s1. The molecule has 0 aliphatic carbocycles. The van der Waals surface area contributed by atoms with E-state index < -0.39 is 0 Å². The SMILES string of the molecule is CCN(C(=O)Nc1ccc(C#N)cc1)[C@@H](C)c1cccc(O)c1. The third-order valence-electron chi connectivity index (χ3n) is 3.69. The van der Waals surface area contributed by atoms with Crippen LogP contribution in [0.15, 0.2) is 48.5 Å². The number of anilines is 1. The Morgan fingerprint density at radius 2 is 2.00 bits per heavy atom. The highest BCUT2D eigenvalue weighted by molar-refractivity contribution is 5.89. The molecule has 23 heavy (non-hydrogen) atoms. The summed E-state index contributed by atoms with van der Waals surface area (Å²) in [5, 5.41) is 21.2. The average Bonchev–Trinajstić information content (AvgIpc) is 2.56. The van der Waals surface area contributed by atoms with E-state index in [1.165, 1.54) is 0 Å². The summed E-state index contributed by atoms with van der Waals surface area (Å²) in [6, 6.07) is 15.2. The lowest BCUT2D eigenvalue weighted by Gasteiger charge is -2.28. The number of benzene rings is 2. The van der Waals surface area contributed by atoms with Gasteiger partial charge in [-0.1, -0.05) is 12.1 Å². The minimum atomic E-state index is -0.229. The molecule has 2 aromatic rings. The van der Waals surface area contributed by atoms with Gasteiger partial charge in [0.25, 0.3) is 0 Å². The predicted octanol–water partition coefficient (Wildman–Crippen LogP) is 3.88. The summed E-state index contributed by atoms with van der Waals surface area (Å²) < 4.78 is 0. The second-order valence-corrected chi connectivity index (χ2v) is 5.18. The van der Waals surface area contributed by atoms with Gasteiger partial charge in [-0.25, -0.2) is 4.79 Å². The first-order valence-corrected chi connectivity index (χ1v) is 7.42. The molecule has 0 aromatic heterocycles. The van der Waals surface area contributed by atoms with E-state index >= 15 is 0 Å². The summed E-state index contributed by atoms with van der Waals surface area (Å²) in [7, 11) is 0. The summed E-state index contributed by atoms with van der Waals surface area (Å²) >= 11 is 0. The first-order chi connectivity index (χ1) is 11.0. The number of nitrogens with one attached hydrogen (secondary N) is 1. The van der Waals surface area contributed by atoms with Crippen LogP contribution in [0.2, 0.25) is 0 Å². The number of hydrogen-bond acceptors (Lipinski definition) is 3. The van der Waals surface area contributed by atoms with Crippen LogP contribution in [-0.2, 0) is 0 Å². The number of phenolic OH excluding ortho intramolecular Hbond substituents is 1. The second-order valence-electron chi connectivity index (χ2n) is 5.18. The average molecular weight is 309 g/mol. The number of nitriles is 1. The predicted molar refractivity (Wildman–Crippen MR) is 89.1 cm³/mol. The van der Waals surface area contributed by atoms with E-state index in [1.54, 1.807) is 47.4 Å². The summed E-state index contributed by atoms with van der Waals surface area (Å²) in [6.45, 7) is 4.34. The molecule has 2 rings (SSSR count). The molecule has 2 amide bonds. The Morgan fingerprint density at radius 1 is 1.30 bits per heavy atom. The summed E-state index contributed by atoms with van der Waals surface area (Å²) in [6.07, 6.45) is 0. The molecule has 0 fully saturated rings. The smallest absolute Gasteiger partial charge is 0.322 e. The van der Waals surface area contributed by atoms with E-state index in [2.05, 4.69) is 5.32 Å². The number of phenols is 1. The molecule has 2 aromatic carbocycles. The number of urea groups is 1. The van der Waals surface area contributed by atoms with Crippen LogP contribution in [0.25, 0.3) is 0 Å². The minimum absolute atomic E-state index is 0.175. The van der Waals surface area contributed by atoms with Crippen LogP contribution in [0.5, 0.6) is 5.75 Å². The highest BCUT2D eigenvalue weighted by Gasteiger charge is 2.20. The fourth-order valence-corrected chi connectivity index (χ4v) is 2.38. The zero-order valence-corrected chi connectivity index (χ0v) is 13.2. The molecule has 5 nitrogen and oxygen atoms in total. The van der Waals surface area contributed by atoms with Crippen LogP contribution in [0.4, 0.5) is 10.5 Å². The lowest BCUT2D eigenvalue weighted by atomic mass is 10.1. The van der Waals surface area contributed by atoms with Gasteiger partial charge in [-0.05, 0) is 55.8 Å². The normalized spacial score (nSPS) is 11.3. The number of nitrogens with zero attached hydrogens (tertiary/aromatic N) is 2. The molecule has 0 aliphatic rings. The highest BCUT2D eigenvalue weighted by Crippen LogP contribution is 2.24. The van der Waals surface area contributed by atoms with E-state index in [4.69, 9.17) is 5.26 Å². The van der Waals surface area contributed by atoms with Crippen molar-refractivity contribution in [3.63, 3.8) is 0 Å². The molecule has 118 valence electrons. The first-order valence-electron chi connectivity index (χ1n) is 7.42. The topological polar surface area (TPSA) is 76.4 Å². The van der Waals surface area contributed by atoms with Crippen molar-refractivity contribution in [1.29, 1.82) is 5.26 Å². The molecule has 1 atom stereocenters. The van der Waals surface area contributed by atoms with Crippen LogP contribution >= 0.6 is 0 Å². The van der Waals surface area contributed by atoms with E-state index in [0.717, 1.165) is 5.56 Å². The summed E-state index contributed by atoms with van der Waals surface area (Å²) in [5.74, 6) is 0.179. The Kier molecular flexibility index (Phi) is 5.21. The van der Waals surface area contributed by atoms with Gasteiger partial charge in [0.05, 0.1) is 17.7 Å². The molecular formula is C18H19N3O2. The van der Waals surface area contributed by atoms with Crippen molar-refractivity contribution < 1.29 is 9.90 Å². The third kappa shape index (κ3) is 4.01. The minimum Gasteiger partial charge on any atom is -0.508 e. The maximum absolute atomic E-state index is 12.5. The molecule has 0 saturated carbocycles. The van der Waals surface area contributed by atoms with Gasteiger partial charge < -0.3 is 15.3 Å². The molecule has 0 heterocycles. The van der Waals surface area contributed by atoms with Gasteiger partial charge >= 0.3 is 6.03 Å². The number of aromatic hydroxyl groups is 1. The van der Waals surface area contributed by atoms with E-state index in [0.29, 0.717) is 17.8 Å². The number of amides is 2. The fraction of sp³-hybridized carbons (Fsp3) is 0.222. The molecule has 2 N–H and O–H groups in total. The number of carbonyl (C=O) groups is 1. The number of hydrogen-bond donors (Lipinski definition) is 2. The van der Waals surface area contributed by atoms with Crippen molar-refractivity contribution in [3.05, 3.63) is 59.7 Å². The maximum Gasteiger partial charge on any atom is 0.322 e. The lowest BCUT2D eigenvalue weighted by molar-refractivity contribution is 0.197. The molecule has 0 saturated heterocycles. The Hall–Kier alpha value is -3.00. The van der Waals surface area contributed by atoms with Gasteiger partial charge in [0, 0.05) is 12.2 Å². The Labute approximate surface area is 135 Å². The van der Waals surface area contributed by atoms with Crippen LogP contribution in [-0.4, -0.2) is 22.6 Å². The molecule has 5 heteroatoms. The summed E-state index contributed by atoms with van der Waals surface area (Å²) in [4.78, 5) is 14.2. The van der Waals surface area contributed by atoms with Crippen molar-refractivity contribution in [1.82, 2.24) is 4.90 Å². The van der Waals surface area contributed by atoms with Crippen molar-refractivity contribution in [2.24, 2.45) is 0 Å². The van der Waals surface area contributed by atoms with Gasteiger partial charge in [0.2, 0.25) is 0 Å². The number of rotatable bonds is 4. The van der Waals surface area contributed by atoms with Crippen LogP contribution in [0.1, 0.15) is 31.0 Å². The molecule has 0 spiro atoms. The van der Waals surface area contributed by atoms with Gasteiger partial charge in [-0.2, -0.15) is 5.26 Å². The zero-order valence-electron chi connectivity index (χ0n) is 13.2. The fourth-order valence-electron chi connectivity index (χ4n) is 2.38.